The van der Waals surface area contributed by atoms with Crippen molar-refractivity contribution in [3.8, 4) is 0 Å². The van der Waals surface area contributed by atoms with Gasteiger partial charge >= 0.3 is 5.97 Å². The van der Waals surface area contributed by atoms with E-state index in [1.54, 1.807) is 26.8 Å². The number of carbonyl (C=O) groups excluding carboxylic acids is 2. The van der Waals surface area contributed by atoms with Gasteiger partial charge < -0.3 is 25.2 Å². The summed E-state index contributed by atoms with van der Waals surface area (Å²) in [6.07, 6.45) is 0.582. The third-order valence-corrected chi connectivity index (χ3v) is 9.67. The minimum atomic E-state index is -2.19. The van der Waals surface area contributed by atoms with Gasteiger partial charge in [-0.15, -0.1) is 0 Å². The molecular weight excluding hydrogens is 424 g/mol. The molecule has 33 heavy (non-hydrogen) atoms. The van der Waals surface area contributed by atoms with Gasteiger partial charge in [0.25, 0.3) is 0 Å². The molecule has 0 aromatic rings. The number of esters is 1. The fourth-order valence-electron chi connectivity index (χ4n) is 7.19. The predicted octanol–water partition coefficient (Wildman–Crippen LogP) is 1.77. The van der Waals surface area contributed by atoms with Crippen LogP contribution in [0, 0.1) is 40.4 Å². The van der Waals surface area contributed by atoms with E-state index in [2.05, 4.69) is 0 Å². The SMILES string of the molecule is CC1=CC23C(=O)[C@@H](C=C(CO)[C@@H](O)[C@]2(O)[C@H]1OC(=O)C(C)C(C)C)[C@@H]1C(C)(C)[C@]1(O)CC3C. The number of hydrogen-bond acceptors (Lipinski definition) is 7. The molecule has 3 unspecified atom stereocenters. The monoisotopic (exact) mass is 462 g/mol. The second-order valence-corrected chi connectivity index (χ2v) is 11.9. The lowest BCUT2D eigenvalue weighted by atomic mass is 9.59. The third kappa shape index (κ3) is 2.77. The number of ether oxygens (including phenoxy) is 1. The van der Waals surface area contributed by atoms with E-state index >= 15 is 0 Å². The summed E-state index contributed by atoms with van der Waals surface area (Å²) in [6, 6.07) is 0. The quantitative estimate of drug-likeness (QED) is 0.371. The number of allylic oxidation sites excluding steroid dienone is 1. The van der Waals surface area contributed by atoms with Crippen LogP contribution in [-0.4, -0.2) is 62.2 Å². The highest BCUT2D eigenvalue weighted by molar-refractivity contribution is 5.95. The van der Waals surface area contributed by atoms with E-state index in [1.807, 2.05) is 27.7 Å². The summed E-state index contributed by atoms with van der Waals surface area (Å²) in [7, 11) is 0. The maximum Gasteiger partial charge on any atom is 0.309 e. The molecule has 4 N–H and O–H groups in total. The first-order valence-corrected chi connectivity index (χ1v) is 12.0. The number of carbonyl (C=O) groups is 2. The molecule has 2 fully saturated rings. The van der Waals surface area contributed by atoms with Crippen LogP contribution in [0.2, 0.25) is 0 Å². The molecule has 0 radical (unpaired) electrons. The maximum absolute atomic E-state index is 14.3. The Hall–Kier alpha value is -1.54. The van der Waals surface area contributed by atoms with E-state index in [0.29, 0.717) is 5.57 Å². The molecule has 0 saturated heterocycles. The van der Waals surface area contributed by atoms with Crippen molar-refractivity contribution >= 4 is 11.8 Å². The molecule has 1 spiro atoms. The number of hydrogen-bond donors (Lipinski definition) is 4. The molecule has 0 aromatic heterocycles. The Bertz CT molecular complexity index is 948. The summed E-state index contributed by atoms with van der Waals surface area (Å²) in [5.41, 5.74) is -4.80. The largest absolute Gasteiger partial charge is 0.454 e. The van der Waals surface area contributed by atoms with Crippen LogP contribution in [0.25, 0.3) is 0 Å². The Morgan fingerprint density at radius 3 is 2.39 bits per heavy atom. The minimum Gasteiger partial charge on any atom is -0.454 e. The molecule has 0 aliphatic heterocycles. The van der Waals surface area contributed by atoms with Crippen LogP contribution in [0.3, 0.4) is 0 Å². The van der Waals surface area contributed by atoms with Crippen molar-refractivity contribution in [1.29, 1.82) is 0 Å². The highest BCUT2D eigenvalue weighted by Crippen LogP contribution is 2.73. The maximum atomic E-state index is 14.3. The highest BCUT2D eigenvalue weighted by atomic mass is 16.6. The average Bonchev–Trinajstić information content (AvgIpc) is 3.10. The second kappa shape index (κ2) is 7.23. The highest BCUT2D eigenvalue weighted by Gasteiger charge is 2.81. The van der Waals surface area contributed by atoms with Crippen LogP contribution in [0.1, 0.15) is 54.9 Å². The lowest BCUT2D eigenvalue weighted by molar-refractivity contribution is -0.206. The van der Waals surface area contributed by atoms with Crippen molar-refractivity contribution in [3.63, 3.8) is 0 Å². The van der Waals surface area contributed by atoms with Crippen molar-refractivity contribution in [3.05, 3.63) is 23.3 Å². The van der Waals surface area contributed by atoms with Crippen LogP contribution < -0.4 is 0 Å². The van der Waals surface area contributed by atoms with E-state index in [4.69, 9.17) is 4.74 Å². The van der Waals surface area contributed by atoms with Gasteiger partial charge in [-0.2, -0.15) is 0 Å². The van der Waals surface area contributed by atoms with Gasteiger partial charge in [0.05, 0.1) is 23.5 Å². The smallest absolute Gasteiger partial charge is 0.309 e. The van der Waals surface area contributed by atoms with Gasteiger partial charge in [0.15, 0.2) is 17.5 Å². The van der Waals surface area contributed by atoms with Crippen LogP contribution in [0.5, 0.6) is 0 Å². The van der Waals surface area contributed by atoms with Crippen LogP contribution in [-0.2, 0) is 14.3 Å². The number of ketones is 1. The molecule has 7 heteroatoms. The molecule has 9 atom stereocenters. The minimum absolute atomic E-state index is 0.00477. The van der Waals surface area contributed by atoms with E-state index in [0.717, 1.165) is 0 Å². The molecule has 0 amide bonds. The van der Waals surface area contributed by atoms with Crippen molar-refractivity contribution in [2.45, 2.75) is 78.3 Å². The van der Waals surface area contributed by atoms with Gasteiger partial charge in [0.1, 0.15) is 6.10 Å². The molecule has 7 nitrogen and oxygen atoms in total. The zero-order valence-corrected chi connectivity index (χ0v) is 20.6. The van der Waals surface area contributed by atoms with E-state index in [1.165, 1.54) is 6.08 Å². The number of aliphatic hydroxyl groups excluding tert-OH is 2. The summed E-state index contributed by atoms with van der Waals surface area (Å²) in [5, 5.41) is 45.4. The fourth-order valence-corrected chi connectivity index (χ4v) is 7.19. The Labute approximate surface area is 195 Å². The number of rotatable bonds is 4. The van der Waals surface area contributed by atoms with E-state index in [9.17, 15) is 30.0 Å². The predicted molar refractivity (Wildman–Crippen MR) is 121 cm³/mol. The number of Topliss-reactive ketones (excluding diaryl/α,β-unsaturated/α-hetero) is 1. The van der Waals surface area contributed by atoms with Gasteiger partial charge in [-0.1, -0.05) is 53.7 Å². The lowest BCUT2D eigenvalue weighted by Gasteiger charge is -2.49. The average molecular weight is 463 g/mol. The normalized spacial score (nSPS) is 46.4. The summed E-state index contributed by atoms with van der Waals surface area (Å²) in [5.74, 6) is -2.99. The van der Waals surface area contributed by atoms with Crippen molar-refractivity contribution in [1.82, 2.24) is 0 Å². The summed E-state index contributed by atoms with van der Waals surface area (Å²) in [6.45, 7) is 12.3. The van der Waals surface area contributed by atoms with Gasteiger partial charge in [-0.05, 0) is 36.3 Å². The first-order valence-electron chi connectivity index (χ1n) is 12.0. The second-order valence-electron chi connectivity index (χ2n) is 11.9. The molecule has 184 valence electrons. The third-order valence-electron chi connectivity index (χ3n) is 9.67. The summed E-state index contributed by atoms with van der Waals surface area (Å²) >= 11 is 0. The van der Waals surface area contributed by atoms with Gasteiger partial charge in [0, 0.05) is 17.3 Å². The Balaban J connectivity index is 1.90. The van der Waals surface area contributed by atoms with E-state index in [-0.39, 0.29) is 23.7 Å². The molecule has 0 aromatic carbocycles. The number of fused-ring (bicyclic) bond motifs is 3. The molecule has 2 saturated carbocycles. The number of aliphatic hydroxyl groups is 4. The first-order chi connectivity index (χ1) is 15.1. The fraction of sp³-hybridized carbons (Fsp3) is 0.769. The molecule has 2 bridgehead atoms. The van der Waals surface area contributed by atoms with Gasteiger partial charge in [-0.25, -0.2) is 0 Å². The van der Waals surface area contributed by atoms with Crippen LogP contribution in [0.15, 0.2) is 23.3 Å². The molecule has 0 heterocycles. The first kappa shape index (κ1) is 24.6. The van der Waals surface area contributed by atoms with Gasteiger partial charge in [0.2, 0.25) is 0 Å². The van der Waals surface area contributed by atoms with Crippen molar-refractivity contribution in [2.75, 3.05) is 6.61 Å². The standard InChI is InChI=1S/C26H38O7/c1-12(2)15(5)22(30)33-21-13(3)9-24-14(4)10-25(31)18(23(25,6)7)17(20(24)29)8-16(11-27)19(28)26(21,24)32/h8-9,12,14-15,17-19,21,27-28,31-32H,10-11H2,1-7H3/t14?,15?,17-,18+,19+,21-,24?,25-,26-/m0/s1. The van der Waals surface area contributed by atoms with Crippen LogP contribution in [0.4, 0.5) is 0 Å². The Kier molecular flexibility index (Phi) is 5.39. The molecule has 4 aliphatic carbocycles. The summed E-state index contributed by atoms with van der Waals surface area (Å²) < 4.78 is 5.83. The zero-order valence-electron chi connectivity index (χ0n) is 20.6. The Morgan fingerprint density at radius 1 is 1.24 bits per heavy atom. The lowest BCUT2D eigenvalue weighted by Crippen LogP contribution is -2.66. The van der Waals surface area contributed by atoms with Crippen LogP contribution >= 0.6 is 0 Å². The van der Waals surface area contributed by atoms with Gasteiger partial charge in [-0.3, -0.25) is 9.59 Å². The van der Waals surface area contributed by atoms with E-state index < -0.39 is 70.5 Å². The zero-order chi connectivity index (χ0) is 24.9. The molecular formula is C26H38O7. The Morgan fingerprint density at radius 2 is 1.85 bits per heavy atom. The van der Waals surface area contributed by atoms with Crippen molar-refractivity contribution < 1.29 is 34.8 Å². The molecule has 4 rings (SSSR count). The molecule has 4 aliphatic rings. The van der Waals surface area contributed by atoms with Crippen molar-refractivity contribution in [2.24, 2.45) is 40.4 Å². The summed E-state index contributed by atoms with van der Waals surface area (Å²) in [4.78, 5) is 27.2. The topological polar surface area (TPSA) is 124 Å².